The monoisotopic (exact) mass is 314 g/mol. The lowest BCUT2D eigenvalue weighted by molar-refractivity contribution is -0.0305. The summed E-state index contributed by atoms with van der Waals surface area (Å²) in [5.41, 5.74) is 0.190. The van der Waals surface area contributed by atoms with Gasteiger partial charge in [-0.3, -0.25) is 0 Å². The first kappa shape index (κ1) is 14.0. The van der Waals surface area contributed by atoms with Gasteiger partial charge in [0.15, 0.2) is 0 Å². The van der Waals surface area contributed by atoms with E-state index < -0.39 is 5.60 Å². The maximum absolute atomic E-state index is 13.3. The molecule has 0 saturated heterocycles. The van der Waals surface area contributed by atoms with Crippen molar-refractivity contribution in [2.24, 2.45) is 11.8 Å². The smallest absolute Gasteiger partial charge is 0.124 e. The van der Waals surface area contributed by atoms with E-state index in [1.807, 2.05) is 6.07 Å². The van der Waals surface area contributed by atoms with Crippen molar-refractivity contribution >= 4 is 15.9 Å². The van der Waals surface area contributed by atoms with Gasteiger partial charge in [0.1, 0.15) is 5.82 Å². The van der Waals surface area contributed by atoms with Gasteiger partial charge in [0.25, 0.3) is 0 Å². The zero-order valence-corrected chi connectivity index (χ0v) is 12.5. The Morgan fingerprint density at radius 2 is 1.89 bits per heavy atom. The highest BCUT2D eigenvalue weighted by molar-refractivity contribution is 9.10. The fraction of sp³-hybridized carbons (Fsp3) is 0.600. The van der Waals surface area contributed by atoms with Crippen molar-refractivity contribution < 1.29 is 9.50 Å². The molecule has 100 valence electrons. The molecule has 1 aliphatic carbocycles. The van der Waals surface area contributed by atoms with Gasteiger partial charge in [0.05, 0.1) is 5.60 Å². The Labute approximate surface area is 117 Å². The zero-order valence-electron chi connectivity index (χ0n) is 10.9. The van der Waals surface area contributed by atoms with Crippen LogP contribution in [0.15, 0.2) is 22.7 Å². The third kappa shape index (κ3) is 3.55. The van der Waals surface area contributed by atoms with Crippen molar-refractivity contribution in [2.75, 3.05) is 0 Å². The van der Waals surface area contributed by atoms with Crippen LogP contribution in [0.5, 0.6) is 0 Å². The van der Waals surface area contributed by atoms with Crippen molar-refractivity contribution in [3.8, 4) is 0 Å². The summed E-state index contributed by atoms with van der Waals surface area (Å²) in [6, 6.07) is 4.86. The maximum Gasteiger partial charge on any atom is 0.124 e. The van der Waals surface area contributed by atoms with Crippen LogP contribution < -0.4 is 0 Å². The molecule has 0 radical (unpaired) electrons. The number of hydrogen-bond donors (Lipinski definition) is 1. The maximum atomic E-state index is 13.3. The highest BCUT2D eigenvalue weighted by Gasteiger charge is 2.36. The van der Waals surface area contributed by atoms with Crippen molar-refractivity contribution in [3.05, 3.63) is 34.1 Å². The van der Waals surface area contributed by atoms with Crippen molar-refractivity contribution in [1.82, 2.24) is 0 Å². The van der Waals surface area contributed by atoms with E-state index in [1.165, 1.54) is 18.6 Å². The molecule has 0 bridgehead atoms. The first-order chi connectivity index (χ1) is 8.36. The Morgan fingerprint density at radius 3 is 2.44 bits per heavy atom. The van der Waals surface area contributed by atoms with Gasteiger partial charge in [-0.1, -0.05) is 29.8 Å². The minimum Gasteiger partial charge on any atom is -0.390 e. The molecule has 1 aliphatic rings. The largest absolute Gasteiger partial charge is 0.390 e. The summed E-state index contributed by atoms with van der Waals surface area (Å²) in [5, 5.41) is 10.7. The van der Waals surface area contributed by atoms with Gasteiger partial charge in [-0.15, -0.1) is 0 Å². The number of benzene rings is 1. The number of aliphatic hydroxyl groups is 1. The predicted octanol–water partition coefficient (Wildman–Crippen LogP) is 4.32. The summed E-state index contributed by atoms with van der Waals surface area (Å²) in [6.45, 7) is 4.37. The molecule has 1 nitrogen and oxygen atoms in total. The van der Waals surface area contributed by atoms with E-state index >= 15 is 0 Å². The molecule has 0 aromatic heterocycles. The first-order valence-corrected chi connectivity index (χ1v) is 7.33. The summed E-state index contributed by atoms with van der Waals surface area (Å²) >= 11 is 3.30. The minimum absolute atomic E-state index is 0.250. The molecule has 1 saturated carbocycles. The molecule has 0 heterocycles. The van der Waals surface area contributed by atoms with E-state index in [4.69, 9.17) is 0 Å². The average molecular weight is 315 g/mol. The highest BCUT2D eigenvalue weighted by Crippen LogP contribution is 2.38. The summed E-state index contributed by atoms with van der Waals surface area (Å²) in [6.07, 6.45) is 3.34. The summed E-state index contributed by atoms with van der Waals surface area (Å²) in [5.74, 6) is 0.825. The van der Waals surface area contributed by atoms with Gasteiger partial charge in [-0.25, -0.2) is 4.39 Å². The molecule has 3 heteroatoms. The van der Waals surface area contributed by atoms with Crippen LogP contribution in [-0.2, 0) is 6.42 Å². The van der Waals surface area contributed by atoms with Crippen LogP contribution in [0.1, 0.15) is 38.7 Å². The standard InChI is InChI=1S/C15H20BrFO/c1-10-3-11(2)8-15(18,7-10)9-12-4-13(16)6-14(17)5-12/h4-6,10-11,18H,3,7-9H2,1-2H3. The second-order valence-electron chi connectivity index (χ2n) is 6.03. The van der Waals surface area contributed by atoms with Gasteiger partial charge >= 0.3 is 0 Å². The highest BCUT2D eigenvalue weighted by atomic mass is 79.9. The van der Waals surface area contributed by atoms with Crippen LogP contribution in [0.2, 0.25) is 0 Å². The van der Waals surface area contributed by atoms with Crippen molar-refractivity contribution in [3.63, 3.8) is 0 Å². The SMILES string of the molecule is CC1CC(C)CC(O)(Cc2cc(F)cc(Br)c2)C1. The molecule has 0 spiro atoms. The van der Waals surface area contributed by atoms with E-state index in [9.17, 15) is 9.50 Å². The molecule has 2 rings (SSSR count). The predicted molar refractivity (Wildman–Crippen MR) is 74.9 cm³/mol. The van der Waals surface area contributed by atoms with E-state index in [-0.39, 0.29) is 5.82 Å². The van der Waals surface area contributed by atoms with Crippen LogP contribution in [0, 0.1) is 17.7 Å². The Bertz CT molecular complexity index is 402. The van der Waals surface area contributed by atoms with Gasteiger partial charge < -0.3 is 5.11 Å². The van der Waals surface area contributed by atoms with Crippen LogP contribution >= 0.6 is 15.9 Å². The molecule has 2 unspecified atom stereocenters. The molecule has 1 aromatic carbocycles. The minimum atomic E-state index is -0.676. The van der Waals surface area contributed by atoms with Crippen LogP contribution in [0.25, 0.3) is 0 Å². The third-order valence-corrected chi connectivity index (χ3v) is 4.17. The van der Waals surface area contributed by atoms with Crippen molar-refractivity contribution in [2.45, 2.75) is 45.1 Å². The molecule has 1 fully saturated rings. The zero-order chi connectivity index (χ0) is 13.3. The second kappa shape index (κ2) is 5.30. The Morgan fingerprint density at radius 1 is 1.28 bits per heavy atom. The van der Waals surface area contributed by atoms with E-state index in [2.05, 4.69) is 29.8 Å². The van der Waals surface area contributed by atoms with Gasteiger partial charge in [0, 0.05) is 10.9 Å². The molecular weight excluding hydrogens is 295 g/mol. The lowest BCUT2D eigenvalue weighted by Crippen LogP contribution is -2.39. The first-order valence-electron chi connectivity index (χ1n) is 6.54. The average Bonchev–Trinajstić information content (AvgIpc) is 2.10. The fourth-order valence-electron chi connectivity index (χ4n) is 3.47. The van der Waals surface area contributed by atoms with Crippen molar-refractivity contribution in [1.29, 1.82) is 0 Å². The third-order valence-electron chi connectivity index (χ3n) is 3.72. The molecule has 2 atom stereocenters. The summed E-state index contributed by atoms with van der Waals surface area (Å²) < 4.78 is 14.1. The number of hydrogen-bond acceptors (Lipinski definition) is 1. The van der Waals surface area contributed by atoms with E-state index in [0.717, 1.165) is 22.9 Å². The molecule has 1 N–H and O–H groups in total. The number of halogens is 2. The number of rotatable bonds is 2. The van der Waals surface area contributed by atoms with Crippen LogP contribution in [0.3, 0.4) is 0 Å². The lowest BCUT2D eigenvalue weighted by atomic mass is 9.71. The van der Waals surface area contributed by atoms with Gasteiger partial charge in [-0.2, -0.15) is 0 Å². The van der Waals surface area contributed by atoms with E-state index in [0.29, 0.717) is 18.3 Å². The Hall–Kier alpha value is -0.410. The molecule has 0 amide bonds. The quantitative estimate of drug-likeness (QED) is 0.862. The Balaban J connectivity index is 2.16. The topological polar surface area (TPSA) is 20.2 Å². The fourth-order valence-corrected chi connectivity index (χ4v) is 3.98. The molecular formula is C15H20BrFO. The van der Waals surface area contributed by atoms with Gasteiger partial charge in [-0.05, 0) is 54.9 Å². The molecule has 0 aliphatic heterocycles. The summed E-state index contributed by atoms with van der Waals surface area (Å²) in [4.78, 5) is 0. The summed E-state index contributed by atoms with van der Waals surface area (Å²) in [7, 11) is 0. The normalized spacial score (nSPS) is 32.5. The van der Waals surface area contributed by atoms with Crippen LogP contribution in [-0.4, -0.2) is 10.7 Å². The Kier molecular flexibility index (Phi) is 4.12. The van der Waals surface area contributed by atoms with Crippen LogP contribution in [0.4, 0.5) is 4.39 Å². The van der Waals surface area contributed by atoms with Gasteiger partial charge in [0.2, 0.25) is 0 Å². The van der Waals surface area contributed by atoms with E-state index in [1.54, 1.807) is 0 Å². The molecule has 18 heavy (non-hydrogen) atoms. The lowest BCUT2D eigenvalue weighted by Gasteiger charge is -2.39. The molecule has 1 aromatic rings. The second-order valence-corrected chi connectivity index (χ2v) is 6.95.